The van der Waals surface area contributed by atoms with Crippen molar-refractivity contribution >= 4 is 24.1 Å². The third-order valence-corrected chi connectivity index (χ3v) is 7.68. The van der Waals surface area contributed by atoms with Gasteiger partial charge in [0.1, 0.15) is 11.9 Å². The van der Waals surface area contributed by atoms with E-state index in [1.54, 1.807) is 13.8 Å². The van der Waals surface area contributed by atoms with E-state index < -0.39 is 12.7 Å². The molecule has 0 aliphatic carbocycles. The molecule has 0 bridgehead atoms. The first-order valence-electron chi connectivity index (χ1n) is 7.26. The Bertz CT molecular complexity index is 518. The van der Waals surface area contributed by atoms with E-state index in [0.717, 1.165) is 6.42 Å². The summed E-state index contributed by atoms with van der Waals surface area (Å²) in [4.78, 5) is 11.9. The average Bonchev–Trinajstić information content (AvgIpc) is 2.96. The quantitative estimate of drug-likeness (QED) is 0.310. The smallest absolute Gasteiger partial charge is 0.354 e. The standard InChI is InChI=1S/C13H22N3O4PS/c1-4-9-22-21(18,20-6-3)16-8-7-15-12(16)11(10-14)13(17)19-5-2/h15H,4-9H2,1-3H3/b12-11+. The van der Waals surface area contributed by atoms with E-state index in [1.807, 2.05) is 13.0 Å². The van der Waals surface area contributed by atoms with E-state index >= 15 is 0 Å². The van der Waals surface area contributed by atoms with Gasteiger partial charge >= 0.3 is 12.7 Å². The number of rotatable bonds is 8. The molecule has 0 amide bonds. The molecule has 7 nitrogen and oxygen atoms in total. The maximum absolute atomic E-state index is 13.1. The number of carbonyl (C=O) groups is 1. The van der Waals surface area contributed by atoms with Gasteiger partial charge in [0.15, 0.2) is 5.57 Å². The van der Waals surface area contributed by atoms with Crippen LogP contribution in [0.5, 0.6) is 0 Å². The second-order valence-electron chi connectivity index (χ2n) is 4.33. The molecule has 0 aromatic carbocycles. The molecule has 1 atom stereocenters. The number of hydrogen-bond donors (Lipinski definition) is 1. The molecule has 0 spiro atoms. The van der Waals surface area contributed by atoms with Crippen molar-refractivity contribution in [3.8, 4) is 6.07 Å². The van der Waals surface area contributed by atoms with Gasteiger partial charge in [-0.2, -0.15) is 5.26 Å². The second kappa shape index (κ2) is 9.09. The Labute approximate surface area is 135 Å². The predicted molar refractivity (Wildman–Crippen MR) is 86.0 cm³/mol. The van der Waals surface area contributed by atoms with Crippen LogP contribution in [-0.4, -0.2) is 42.7 Å². The third-order valence-electron chi connectivity index (χ3n) is 2.75. The van der Waals surface area contributed by atoms with Gasteiger partial charge in [-0.1, -0.05) is 6.92 Å². The zero-order chi connectivity index (χ0) is 16.6. The number of esters is 1. The monoisotopic (exact) mass is 347 g/mol. The fraction of sp³-hybridized carbons (Fsp3) is 0.692. The second-order valence-corrected chi connectivity index (χ2v) is 8.83. The summed E-state index contributed by atoms with van der Waals surface area (Å²) in [6, 6.07) is 1.84. The lowest BCUT2D eigenvalue weighted by Gasteiger charge is -2.28. The van der Waals surface area contributed by atoms with Gasteiger partial charge in [0, 0.05) is 18.8 Å². The van der Waals surface area contributed by atoms with E-state index in [-0.39, 0.29) is 18.0 Å². The SMILES string of the molecule is CCCSP(=O)(OCC)N1CCN/C1=C(/C#N)C(=O)OCC. The number of ether oxygens (including phenoxy) is 1. The summed E-state index contributed by atoms with van der Waals surface area (Å²) in [5.74, 6) is 0.187. The van der Waals surface area contributed by atoms with Crippen LogP contribution in [0.25, 0.3) is 0 Å². The molecule has 1 saturated heterocycles. The Morgan fingerprint density at radius 3 is 2.73 bits per heavy atom. The number of nitrogens with one attached hydrogen (secondary N) is 1. The van der Waals surface area contributed by atoms with Crippen molar-refractivity contribution < 1.29 is 18.6 Å². The molecule has 1 N–H and O–H groups in total. The van der Waals surface area contributed by atoms with Crippen molar-refractivity contribution in [2.24, 2.45) is 0 Å². The maximum atomic E-state index is 13.1. The summed E-state index contributed by atoms with van der Waals surface area (Å²) in [6.07, 6.45) is 0.852. The molecule has 9 heteroatoms. The van der Waals surface area contributed by atoms with Gasteiger partial charge in [0.2, 0.25) is 0 Å². The first-order valence-corrected chi connectivity index (χ1v) is 10.4. The highest BCUT2D eigenvalue weighted by molar-refractivity contribution is 8.55. The molecule has 124 valence electrons. The van der Waals surface area contributed by atoms with Crippen LogP contribution in [0.3, 0.4) is 0 Å². The molecular weight excluding hydrogens is 325 g/mol. The van der Waals surface area contributed by atoms with Crippen LogP contribution < -0.4 is 5.32 Å². The van der Waals surface area contributed by atoms with E-state index in [9.17, 15) is 14.6 Å². The molecule has 1 unspecified atom stereocenters. The third kappa shape index (κ3) is 4.42. The van der Waals surface area contributed by atoms with Crippen LogP contribution in [0.15, 0.2) is 11.4 Å². The van der Waals surface area contributed by atoms with Gasteiger partial charge in [-0.05, 0) is 31.7 Å². The molecule has 22 heavy (non-hydrogen) atoms. The zero-order valence-corrected chi connectivity index (χ0v) is 14.8. The average molecular weight is 347 g/mol. The highest BCUT2D eigenvalue weighted by Gasteiger charge is 2.39. The van der Waals surface area contributed by atoms with Crippen molar-refractivity contribution in [3.05, 3.63) is 11.4 Å². The molecule has 0 saturated carbocycles. The van der Waals surface area contributed by atoms with Crippen molar-refractivity contribution in [2.45, 2.75) is 27.2 Å². The Morgan fingerprint density at radius 2 is 2.18 bits per heavy atom. The predicted octanol–water partition coefficient (Wildman–Crippen LogP) is 2.48. The molecule has 1 rings (SSSR count). The van der Waals surface area contributed by atoms with E-state index in [4.69, 9.17) is 9.26 Å². The van der Waals surface area contributed by atoms with Crippen molar-refractivity contribution in [2.75, 3.05) is 32.1 Å². The lowest BCUT2D eigenvalue weighted by atomic mass is 10.3. The van der Waals surface area contributed by atoms with Crippen molar-refractivity contribution in [1.29, 1.82) is 5.26 Å². The van der Waals surface area contributed by atoms with E-state index in [2.05, 4.69) is 5.32 Å². The summed E-state index contributed by atoms with van der Waals surface area (Å²) in [5.41, 5.74) is -0.170. The minimum absolute atomic E-state index is 0.170. The Balaban J connectivity index is 3.17. The van der Waals surface area contributed by atoms with Crippen LogP contribution in [0.4, 0.5) is 0 Å². The Morgan fingerprint density at radius 1 is 1.45 bits per heavy atom. The minimum atomic E-state index is -3.19. The van der Waals surface area contributed by atoms with Crippen LogP contribution in [0.1, 0.15) is 27.2 Å². The number of nitriles is 1. The number of nitrogens with zero attached hydrogens (tertiary/aromatic N) is 2. The fourth-order valence-electron chi connectivity index (χ4n) is 1.89. The van der Waals surface area contributed by atoms with Gasteiger partial charge in [-0.3, -0.25) is 9.24 Å². The van der Waals surface area contributed by atoms with Crippen molar-refractivity contribution in [1.82, 2.24) is 9.99 Å². The molecule has 1 heterocycles. The van der Waals surface area contributed by atoms with Crippen molar-refractivity contribution in [3.63, 3.8) is 0 Å². The largest absolute Gasteiger partial charge is 0.462 e. The lowest BCUT2D eigenvalue weighted by Crippen LogP contribution is -2.23. The fourth-order valence-corrected chi connectivity index (χ4v) is 6.43. The summed E-state index contributed by atoms with van der Waals surface area (Å²) >= 11 is 1.23. The number of hydrogen-bond acceptors (Lipinski definition) is 7. The van der Waals surface area contributed by atoms with Gasteiger partial charge in [-0.25, -0.2) is 4.79 Å². The molecule has 1 aliphatic heterocycles. The Kier molecular flexibility index (Phi) is 7.80. The maximum Gasteiger partial charge on any atom is 0.354 e. The van der Waals surface area contributed by atoms with E-state index in [0.29, 0.717) is 25.4 Å². The summed E-state index contributed by atoms with van der Waals surface area (Å²) in [7, 11) is 0. The molecule has 0 aromatic rings. The van der Waals surface area contributed by atoms with Gasteiger partial charge < -0.3 is 14.6 Å². The summed E-state index contributed by atoms with van der Waals surface area (Å²) < 4.78 is 25.0. The molecule has 0 aromatic heterocycles. The normalized spacial score (nSPS) is 19.1. The molecular formula is C13H22N3O4PS. The zero-order valence-electron chi connectivity index (χ0n) is 13.1. The molecule has 0 radical (unpaired) electrons. The minimum Gasteiger partial charge on any atom is -0.462 e. The highest BCUT2D eigenvalue weighted by atomic mass is 32.7. The Hall–Kier alpha value is -1.16. The first-order chi connectivity index (χ1) is 10.5. The number of carbonyl (C=O) groups excluding carboxylic acids is 1. The summed E-state index contributed by atoms with van der Waals surface area (Å²) in [6.45, 7) is 3.59. The van der Waals surface area contributed by atoms with Gasteiger partial charge in [0.05, 0.1) is 13.2 Å². The summed E-state index contributed by atoms with van der Waals surface area (Å²) in [5, 5.41) is 12.2. The van der Waals surface area contributed by atoms with Gasteiger partial charge in [-0.15, -0.1) is 0 Å². The molecule has 1 aliphatic rings. The van der Waals surface area contributed by atoms with Crippen LogP contribution in [0, 0.1) is 11.3 Å². The topological polar surface area (TPSA) is 91.7 Å². The van der Waals surface area contributed by atoms with Crippen LogP contribution in [-0.2, 0) is 18.6 Å². The van der Waals surface area contributed by atoms with Crippen LogP contribution in [0.2, 0.25) is 0 Å². The first kappa shape index (κ1) is 18.9. The highest BCUT2D eigenvalue weighted by Crippen LogP contribution is 2.64. The van der Waals surface area contributed by atoms with Crippen LogP contribution >= 0.6 is 18.1 Å². The lowest BCUT2D eigenvalue weighted by molar-refractivity contribution is -0.138. The van der Waals surface area contributed by atoms with E-state index in [1.165, 1.54) is 16.1 Å². The molecule has 1 fully saturated rings. The van der Waals surface area contributed by atoms with Gasteiger partial charge in [0.25, 0.3) is 0 Å².